The summed E-state index contributed by atoms with van der Waals surface area (Å²) >= 11 is 0. The van der Waals surface area contributed by atoms with Crippen molar-refractivity contribution in [3.05, 3.63) is 17.3 Å². The summed E-state index contributed by atoms with van der Waals surface area (Å²) < 4.78 is 5.62. The van der Waals surface area contributed by atoms with Gasteiger partial charge in [0.1, 0.15) is 12.3 Å². The predicted octanol–water partition coefficient (Wildman–Crippen LogP) is 3.48. The van der Waals surface area contributed by atoms with Crippen LogP contribution in [0.5, 0.6) is 0 Å². The smallest absolute Gasteiger partial charge is 0.216 e. The lowest BCUT2D eigenvalue weighted by Gasteiger charge is -2.37. The largest absolute Gasteiger partial charge is 0.444 e. The van der Waals surface area contributed by atoms with E-state index in [1.807, 2.05) is 13.8 Å². The van der Waals surface area contributed by atoms with Gasteiger partial charge in [-0.3, -0.25) is 4.90 Å². The highest BCUT2D eigenvalue weighted by Crippen LogP contribution is 2.17. The maximum absolute atomic E-state index is 5.62. The van der Waals surface area contributed by atoms with E-state index < -0.39 is 0 Å². The minimum Gasteiger partial charge on any atom is -0.444 e. The van der Waals surface area contributed by atoms with Crippen LogP contribution in [0.2, 0.25) is 0 Å². The van der Waals surface area contributed by atoms with Gasteiger partial charge < -0.3 is 15.1 Å². The first-order valence-corrected chi connectivity index (χ1v) is 9.68. The Labute approximate surface area is 175 Å². The van der Waals surface area contributed by atoms with Crippen LogP contribution >= 0.6 is 24.0 Å². The van der Waals surface area contributed by atoms with Crippen LogP contribution in [0.1, 0.15) is 57.4 Å². The Morgan fingerprint density at radius 1 is 1.31 bits per heavy atom. The van der Waals surface area contributed by atoms with Gasteiger partial charge in [-0.1, -0.05) is 20.3 Å². The number of likely N-dealkylation sites (tertiary alicyclic amines) is 1. The number of nitrogens with zero attached hydrogens (tertiary/aromatic N) is 3. The number of aromatic nitrogens is 1. The molecule has 26 heavy (non-hydrogen) atoms. The molecule has 7 heteroatoms. The lowest BCUT2D eigenvalue weighted by molar-refractivity contribution is 0.133. The SMILES string of the molecule is CCNC(=NCc1nc(C)c(C)o1)NCC1CCCCN1CC(C)C.I. The van der Waals surface area contributed by atoms with Gasteiger partial charge in [0.05, 0.1) is 5.69 Å². The maximum Gasteiger partial charge on any atom is 0.216 e. The first-order valence-electron chi connectivity index (χ1n) is 9.68. The molecule has 0 amide bonds. The molecule has 0 bridgehead atoms. The topological polar surface area (TPSA) is 65.7 Å². The van der Waals surface area contributed by atoms with Gasteiger partial charge >= 0.3 is 0 Å². The van der Waals surface area contributed by atoms with Crippen molar-refractivity contribution in [1.29, 1.82) is 0 Å². The van der Waals surface area contributed by atoms with Crippen LogP contribution in [0, 0.1) is 19.8 Å². The molecule has 0 radical (unpaired) electrons. The van der Waals surface area contributed by atoms with Gasteiger partial charge in [-0.2, -0.15) is 0 Å². The van der Waals surface area contributed by atoms with Gasteiger partial charge in [0, 0.05) is 25.7 Å². The van der Waals surface area contributed by atoms with E-state index in [0.29, 0.717) is 24.4 Å². The Morgan fingerprint density at radius 3 is 2.69 bits per heavy atom. The third kappa shape index (κ3) is 7.42. The number of aliphatic imine (C=N–C) groups is 1. The molecule has 0 aromatic carbocycles. The van der Waals surface area contributed by atoms with Gasteiger partial charge in [0.25, 0.3) is 0 Å². The molecule has 6 nitrogen and oxygen atoms in total. The minimum absolute atomic E-state index is 0. The van der Waals surface area contributed by atoms with Gasteiger partial charge in [-0.15, -0.1) is 24.0 Å². The van der Waals surface area contributed by atoms with Crippen molar-refractivity contribution in [1.82, 2.24) is 20.5 Å². The average Bonchev–Trinajstić information content (AvgIpc) is 2.89. The van der Waals surface area contributed by atoms with E-state index >= 15 is 0 Å². The summed E-state index contributed by atoms with van der Waals surface area (Å²) in [6.45, 7) is 15.2. The summed E-state index contributed by atoms with van der Waals surface area (Å²) in [5.41, 5.74) is 0.940. The molecule has 1 saturated heterocycles. The number of hydrogen-bond donors (Lipinski definition) is 2. The zero-order valence-corrected chi connectivity index (χ0v) is 19.3. The van der Waals surface area contributed by atoms with E-state index in [0.717, 1.165) is 30.5 Å². The monoisotopic (exact) mass is 477 g/mol. The number of halogens is 1. The minimum atomic E-state index is 0. The number of piperidine rings is 1. The first-order chi connectivity index (χ1) is 12.0. The van der Waals surface area contributed by atoms with Gasteiger partial charge in [-0.25, -0.2) is 9.98 Å². The summed E-state index contributed by atoms with van der Waals surface area (Å²) in [6, 6.07) is 0.589. The second-order valence-corrected chi connectivity index (χ2v) is 7.36. The van der Waals surface area contributed by atoms with Crippen molar-refractivity contribution in [2.24, 2.45) is 10.9 Å². The second kappa shape index (κ2) is 11.8. The average molecular weight is 477 g/mol. The highest BCUT2D eigenvalue weighted by molar-refractivity contribution is 14.0. The molecule has 0 spiro atoms. The summed E-state index contributed by atoms with van der Waals surface area (Å²) in [4.78, 5) is 11.7. The molecular formula is C19H36IN5O. The van der Waals surface area contributed by atoms with Gasteiger partial charge in [0.2, 0.25) is 5.89 Å². The van der Waals surface area contributed by atoms with Gasteiger partial charge in [0.15, 0.2) is 5.96 Å². The fraction of sp³-hybridized carbons (Fsp3) is 0.789. The van der Waals surface area contributed by atoms with Crippen molar-refractivity contribution in [3.8, 4) is 0 Å². The van der Waals surface area contributed by atoms with Crippen molar-refractivity contribution < 1.29 is 4.42 Å². The van der Waals surface area contributed by atoms with E-state index in [4.69, 9.17) is 4.42 Å². The van der Waals surface area contributed by atoms with E-state index in [1.165, 1.54) is 32.4 Å². The summed E-state index contributed by atoms with van der Waals surface area (Å²) in [6.07, 6.45) is 3.90. The number of aryl methyl sites for hydroxylation is 2. The third-order valence-electron chi connectivity index (χ3n) is 4.64. The zero-order valence-electron chi connectivity index (χ0n) is 17.0. The van der Waals surface area contributed by atoms with Crippen LogP contribution in [0.15, 0.2) is 9.41 Å². The maximum atomic E-state index is 5.62. The van der Waals surface area contributed by atoms with E-state index in [1.54, 1.807) is 0 Å². The molecule has 1 unspecified atom stereocenters. The van der Waals surface area contributed by atoms with E-state index in [9.17, 15) is 0 Å². The first kappa shape index (κ1) is 23.2. The van der Waals surface area contributed by atoms with Crippen LogP contribution in [0.3, 0.4) is 0 Å². The molecule has 0 saturated carbocycles. The third-order valence-corrected chi connectivity index (χ3v) is 4.64. The standard InChI is InChI=1S/C19H35N5O.HI/c1-6-20-19(22-12-18-23-15(4)16(5)25-18)21-11-17-9-7-8-10-24(17)13-14(2)3;/h14,17H,6-13H2,1-5H3,(H2,20,21,22);1H. The summed E-state index contributed by atoms with van der Waals surface area (Å²) in [7, 11) is 0. The lowest BCUT2D eigenvalue weighted by atomic mass is 10.0. The number of oxazole rings is 1. The van der Waals surface area contributed by atoms with E-state index in [2.05, 4.69) is 46.3 Å². The molecule has 1 atom stereocenters. The molecule has 1 aromatic rings. The van der Waals surface area contributed by atoms with Crippen molar-refractivity contribution in [2.45, 2.75) is 66.5 Å². The highest BCUT2D eigenvalue weighted by Gasteiger charge is 2.22. The molecule has 1 aliphatic heterocycles. The van der Waals surface area contributed by atoms with Crippen LogP contribution < -0.4 is 10.6 Å². The molecule has 1 aliphatic rings. The summed E-state index contributed by atoms with van der Waals surface area (Å²) in [5.74, 6) is 3.09. The lowest BCUT2D eigenvalue weighted by Crippen LogP contribution is -2.50. The molecule has 150 valence electrons. The van der Waals surface area contributed by atoms with Gasteiger partial charge in [-0.05, 0) is 46.1 Å². The summed E-state index contributed by atoms with van der Waals surface area (Å²) in [5, 5.41) is 6.83. The fourth-order valence-electron chi connectivity index (χ4n) is 3.31. The van der Waals surface area contributed by atoms with Crippen LogP contribution in [-0.2, 0) is 6.54 Å². The number of guanidine groups is 1. The van der Waals surface area contributed by atoms with Crippen molar-refractivity contribution >= 4 is 29.9 Å². The number of hydrogen-bond acceptors (Lipinski definition) is 4. The Hall–Kier alpha value is -0.830. The second-order valence-electron chi connectivity index (χ2n) is 7.36. The molecule has 2 heterocycles. The molecule has 2 N–H and O–H groups in total. The Bertz CT molecular complexity index is 539. The molecular weight excluding hydrogens is 441 g/mol. The van der Waals surface area contributed by atoms with Crippen molar-refractivity contribution in [3.63, 3.8) is 0 Å². The Kier molecular flexibility index (Phi) is 10.5. The number of nitrogens with one attached hydrogen (secondary N) is 2. The van der Waals surface area contributed by atoms with Crippen LogP contribution in [-0.4, -0.2) is 48.1 Å². The molecule has 0 aliphatic carbocycles. The quantitative estimate of drug-likeness (QED) is 0.358. The Morgan fingerprint density at radius 2 is 2.08 bits per heavy atom. The van der Waals surface area contributed by atoms with E-state index in [-0.39, 0.29) is 24.0 Å². The Balaban J connectivity index is 0.00000338. The highest BCUT2D eigenvalue weighted by atomic mass is 127. The van der Waals surface area contributed by atoms with Crippen LogP contribution in [0.4, 0.5) is 0 Å². The normalized spacial score (nSPS) is 18.7. The molecule has 1 aromatic heterocycles. The van der Waals surface area contributed by atoms with Crippen molar-refractivity contribution in [2.75, 3.05) is 26.2 Å². The molecule has 1 fully saturated rings. The predicted molar refractivity (Wildman–Crippen MR) is 118 cm³/mol. The van der Waals surface area contributed by atoms with Crippen LogP contribution in [0.25, 0.3) is 0 Å². The number of rotatable bonds is 7. The fourth-order valence-corrected chi connectivity index (χ4v) is 3.31. The zero-order chi connectivity index (χ0) is 18.2. The molecule has 2 rings (SSSR count).